The Morgan fingerprint density at radius 2 is 2.15 bits per heavy atom. The lowest BCUT2D eigenvalue weighted by atomic mass is 9.90. The molecule has 0 radical (unpaired) electrons. The minimum absolute atomic E-state index is 0.0253. The molecule has 1 aromatic heterocycles. The van der Waals surface area contributed by atoms with E-state index >= 15 is 0 Å². The van der Waals surface area contributed by atoms with Crippen molar-refractivity contribution in [3.63, 3.8) is 0 Å². The van der Waals surface area contributed by atoms with Crippen molar-refractivity contribution in [3.8, 4) is 0 Å². The summed E-state index contributed by atoms with van der Waals surface area (Å²) in [5, 5.41) is 5.76. The molecule has 0 saturated carbocycles. The maximum Gasteiger partial charge on any atom is 0.394 e. The summed E-state index contributed by atoms with van der Waals surface area (Å²) in [6, 6.07) is 0. The van der Waals surface area contributed by atoms with Gasteiger partial charge in [0.25, 0.3) is 0 Å². The van der Waals surface area contributed by atoms with Crippen molar-refractivity contribution in [2.24, 2.45) is 11.1 Å². The summed E-state index contributed by atoms with van der Waals surface area (Å²) < 4.78 is 0. The second-order valence-electron chi connectivity index (χ2n) is 4.64. The van der Waals surface area contributed by atoms with E-state index < -0.39 is 5.97 Å². The van der Waals surface area contributed by atoms with Crippen LogP contribution in [0.3, 0.4) is 0 Å². The van der Waals surface area contributed by atoms with Crippen molar-refractivity contribution in [3.05, 3.63) is 39.9 Å². The SMILES string of the molecule is CC1=CC(=O)C(C(C)C)=CC1=NOC(=O)c1nccs1. The Bertz CT molecular complexity index is 625. The highest BCUT2D eigenvalue weighted by molar-refractivity contribution is 7.11. The number of thiazole rings is 1. The first-order valence-electron chi connectivity index (χ1n) is 6.12. The van der Waals surface area contributed by atoms with Crippen LogP contribution in [-0.2, 0) is 9.63 Å². The molecule has 0 atom stereocenters. The number of carbonyl (C=O) groups is 2. The van der Waals surface area contributed by atoms with E-state index in [4.69, 9.17) is 4.84 Å². The van der Waals surface area contributed by atoms with Gasteiger partial charge in [0, 0.05) is 17.2 Å². The summed E-state index contributed by atoms with van der Waals surface area (Å²) in [6.07, 6.45) is 4.69. The number of nitrogens with zero attached hydrogens (tertiary/aromatic N) is 2. The van der Waals surface area contributed by atoms with Gasteiger partial charge < -0.3 is 4.84 Å². The van der Waals surface area contributed by atoms with Gasteiger partial charge in [0.2, 0.25) is 5.01 Å². The van der Waals surface area contributed by atoms with E-state index in [0.717, 1.165) is 0 Å². The van der Waals surface area contributed by atoms with Gasteiger partial charge in [-0.1, -0.05) is 19.0 Å². The van der Waals surface area contributed by atoms with Gasteiger partial charge >= 0.3 is 5.97 Å². The molecule has 1 aliphatic rings. The van der Waals surface area contributed by atoms with Crippen LogP contribution < -0.4 is 0 Å². The predicted molar refractivity (Wildman–Crippen MR) is 76.6 cm³/mol. The average Bonchev–Trinajstić information content (AvgIpc) is 2.90. The van der Waals surface area contributed by atoms with Crippen LogP contribution in [0.1, 0.15) is 30.6 Å². The van der Waals surface area contributed by atoms with Crippen LogP contribution in [0, 0.1) is 5.92 Å². The number of hydrogen-bond donors (Lipinski definition) is 0. The van der Waals surface area contributed by atoms with Crippen molar-refractivity contribution >= 4 is 28.8 Å². The summed E-state index contributed by atoms with van der Waals surface area (Å²) in [5.74, 6) is -0.536. The second kappa shape index (κ2) is 5.92. The van der Waals surface area contributed by atoms with Gasteiger partial charge in [-0.25, -0.2) is 9.78 Å². The van der Waals surface area contributed by atoms with Crippen LogP contribution in [-0.4, -0.2) is 22.4 Å². The Morgan fingerprint density at radius 3 is 2.75 bits per heavy atom. The summed E-state index contributed by atoms with van der Waals surface area (Å²) in [4.78, 5) is 32.2. The summed E-state index contributed by atoms with van der Waals surface area (Å²) in [7, 11) is 0. The maximum atomic E-state index is 11.8. The van der Waals surface area contributed by atoms with E-state index in [1.807, 2.05) is 13.8 Å². The average molecular weight is 290 g/mol. The Labute approximate surface area is 120 Å². The van der Waals surface area contributed by atoms with Gasteiger partial charge in [0.15, 0.2) is 5.78 Å². The monoisotopic (exact) mass is 290 g/mol. The van der Waals surface area contributed by atoms with Gasteiger partial charge in [0.1, 0.15) is 5.71 Å². The number of oxime groups is 1. The van der Waals surface area contributed by atoms with Gasteiger partial charge in [-0.3, -0.25) is 4.79 Å². The van der Waals surface area contributed by atoms with E-state index in [-0.39, 0.29) is 16.7 Å². The van der Waals surface area contributed by atoms with Crippen LogP contribution in [0.2, 0.25) is 0 Å². The lowest BCUT2D eigenvalue weighted by molar-refractivity contribution is -0.111. The number of hydrogen-bond acceptors (Lipinski definition) is 6. The minimum atomic E-state index is -0.600. The van der Waals surface area contributed by atoms with E-state index in [2.05, 4.69) is 10.1 Å². The first-order valence-corrected chi connectivity index (χ1v) is 7.00. The fraction of sp³-hybridized carbons (Fsp3) is 0.286. The highest BCUT2D eigenvalue weighted by atomic mass is 32.1. The molecular formula is C14H14N2O3S. The van der Waals surface area contributed by atoms with Crippen LogP contribution in [0.4, 0.5) is 0 Å². The summed E-state index contributed by atoms with van der Waals surface area (Å²) in [5.41, 5.74) is 1.81. The third-order valence-electron chi connectivity index (χ3n) is 2.78. The normalized spacial score (nSPS) is 17.2. The zero-order valence-electron chi connectivity index (χ0n) is 11.4. The fourth-order valence-electron chi connectivity index (χ4n) is 1.69. The highest BCUT2D eigenvalue weighted by Crippen LogP contribution is 2.19. The molecule has 0 aromatic carbocycles. The molecule has 0 amide bonds. The summed E-state index contributed by atoms with van der Waals surface area (Å²) >= 11 is 1.19. The van der Waals surface area contributed by atoms with Crippen molar-refractivity contribution < 1.29 is 14.4 Å². The largest absolute Gasteiger partial charge is 0.394 e. The Morgan fingerprint density at radius 1 is 1.40 bits per heavy atom. The molecule has 0 spiro atoms. The van der Waals surface area contributed by atoms with E-state index in [1.165, 1.54) is 23.6 Å². The highest BCUT2D eigenvalue weighted by Gasteiger charge is 2.19. The number of aromatic nitrogens is 1. The molecule has 0 aliphatic heterocycles. The van der Waals surface area contributed by atoms with Crippen molar-refractivity contribution in [1.82, 2.24) is 4.98 Å². The van der Waals surface area contributed by atoms with Gasteiger partial charge in [-0.2, -0.15) is 0 Å². The molecule has 0 unspecified atom stereocenters. The topological polar surface area (TPSA) is 68.6 Å². The molecule has 0 saturated heterocycles. The zero-order chi connectivity index (χ0) is 14.7. The first kappa shape index (κ1) is 14.3. The fourth-order valence-corrected chi connectivity index (χ4v) is 2.20. The number of carbonyl (C=O) groups excluding carboxylic acids is 2. The van der Waals surface area contributed by atoms with Crippen molar-refractivity contribution in [2.75, 3.05) is 0 Å². The molecule has 2 rings (SSSR count). The zero-order valence-corrected chi connectivity index (χ0v) is 12.2. The molecule has 20 heavy (non-hydrogen) atoms. The third-order valence-corrected chi connectivity index (χ3v) is 3.54. The van der Waals surface area contributed by atoms with Crippen LogP contribution in [0.15, 0.2) is 40.0 Å². The lowest BCUT2D eigenvalue weighted by Gasteiger charge is -2.14. The maximum absolute atomic E-state index is 11.8. The number of ketones is 1. The van der Waals surface area contributed by atoms with Crippen LogP contribution in [0.25, 0.3) is 0 Å². The molecule has 0 bridgehead atoms. The molecular weight excluding hydrogens is 276 g/mol. The Balaban J connectivity index is 2.18. The van der Waals surface area contributed by atoms with Crippen molar-refractivity contribution in [1.29, 1.82) is 0 Å². The van der Waals surface area contributed by atoms with E-state index in [0.29, 0.717) is 16.9 Å². The third kappa shape index (κ3) is 3.08. The standard InChI is InChI=1S/C14H14N2O3S/c1-8(2)10-7-11(9(3)6-12(10)17)16-19-14(18)13-15-4-5-20-13/h4-8H,1-3H3. The molecule has 104 valence electrons. The second-order valence-corrected chi connectivity index (χ2v) is 5.53. The van der Waals surface area contributed by atoms with Crippen molar-refractivity contribution in [2.45, 2.75) is 20.8 Å². The van der Waals surface area contributed by atoms with E-state index in [9.17, 15) is 9.59 Å². The van der Waals surface area contributed by atoms with E-state index in [1.54, 1.807) is 18.4 Å². The molecule has 6 heteroatoms. The Hall–Kier alpha value is -2.08. The molecule has 0 N–H and O–H groups in total. The van der Waals surface area contributed by atoms with Crippen LogP contribution >= 0.6 is 11.3 Å². The number of rotatable bonds is 3. The molecule has 1 aliphatic carbocycles. The Kier molecular flexibility index (Phi) is 4.24. The number of allylic oxidation sites excluding steroid dienone is 4. The molecule has 1 aromatic rings. The van der Waals surface area contributed by atoms with Crippen LogP contribution in [0.5, 0.6) is 0 Å². The summed E-state index contributed by atoms with van der Waals surface area (Å²) in [6.45, 7) is 5.61. The van der Waals surface area contributed by atoms with Gasteiger partial charge in [0.05, 0.1) is 0 Å². The minimum Gasteiger partial charge on any atom is -0.309 e. The quantitative estimate of drug-likeness (QED) is 0.487. The molecule has 1 heterocycles. The molecule has 5 nitrogen and oxygen atoms in total. The van der Waals surface area contributed by atoms with Gasteiger partial charge in [-0.05, 0) is 30.6 Å². The predicted octanol–water partition coefficient (Wildman–Crippen LogP) is 2.77. The molecule has 0 fully saturated rings. The first-order chi connectivity index (χ1) is 9.49. The lowest BCUT2D eigenvalue weighted by Crippen LogP contribution is -2.16. The smallest absolute Gasteiger partial charge is 0.309 e. The van der Waals surface area contributed by atoms with Gasteiger partial charge in [-0.15, -0.1) is 11.3 Å².